The van der Waals surface area contributed by atoms with E-state index >= 15 is 0 Å². The summed E-state index contributed by atoms with van der Waals surface area (Å²) in [5, 5.41) is -0.263. The first kappa shape index (κ1) is 16.8. The van der Waals surface area contributed by atoms with Crippen molar-refractivity contribution in [2.24, 2.45) is 0 Å². The van der Waals surface area contributed by atoms with Crippen LogP contribution in [0.2, 0.25) is 0 Å². The lowest BCUT2D eigenvalue weighted by molar-refractivity contribution is 0.0563. The van der Waals surface area contributed by atoms with Crippen molar-refractivity contribution in [3.05, 3.63) is 29.8 Å². The zero-order valence-electron chi connectivity index (χ0n) is 12.5. The fourth-order valence-corrected chi connectivity index (χ4v) is 4.21. The molecule has 0 radical (unpaired) electrons. The average molecular weight is 298 g/mol. The normalized spacial score (nSPS) is 11.4. The molecule has 0 aromatic heterocycles. The molecule has 0 heterocycles. The summed E-state index contributed by atoms with van der Waals surface area (Å²) >= 11 is 0. The lowest BCUT2D eigenvalue weighted by atomic mass is 10.2. The lowest BCUT2D eigenvalue weighted by Gasteiger charge is -2.27. The molecule has 0 N–H and O–H groups in total. The van der Waals surface area contributed by atoms with Gasteiger partial charge in [-0.15, -0.1) is 0 Å². The van der Waals surface area contributed by atoms with E-state index in [0.717, 1.165) is 0 Å². The van der Waals surface area contributed by atoms with Crippen LogP contribution in [0.3, 0.4) is 0 Å². The molecule has 0 saturated heterocycles. The molecular formula is C14H22O5Si. The first-order valence-corrected chi connectivity index (χ1v) is 8.47. The minimum Gasteiger partial charge on any atom is -0.496 e. The minimum atomic E-state index is -3.41. The van der Waals surface area contributed by atoms with E-state index in [1.807, 2.05) is 20.8 Å². The van der Waals surface area contributed by atoms with Gasteiger partial charge in [0.05, 0.1) is 12.7 Å². The van der Waals surface area contributed by atoms with E-state index in [2.05, 4.69) is 0 Å². The summed E-state index contributed by atoms with van der Waals surface area (Å²) in [5.41, 5.74) is 0.428. The number of rotatable bonds is 9. The van der Waals surface area contributed by atoms with Crippen molar-refractivity contribution in [3.8, 4) is 5.75 Å². The van der Waals surface area contributed by atoms with Crippen LogP contribution < -0.4 is 4.74 Å². The third-order valence-electron chi connectivity index (χ3n) is 2.63. The molecule has 1 rings (SSSR count). The van der Waals surface area contributed by atoms with Crippen LogP contribution in [0.25, 0.3) is 0 Å². The predicted molar refractivity (Wildman–Crippen MR) is 78.0 cm³/mol. The summed E-state index contributed by atoms with van der Waals surface area (Å²) in [6.45, 7) is 6.51. The van der Waals surface area contributed by atoms with Crippen LogP contribution in [-0.4, -0.2) is 41.1 Å². The first-order chi connectivity index (χ1) is 9.65. The lowest BCUT2D eigenvalue weighted by Crippen LogP contribution is -2.54. The average Bonchev–Trinajstić information content (AvgIpc) is 2.47. The Morgan fingerprint density at radius 3 is 1.95 bits per heavy atom. The molecule has 0 aliphatic heterocycles. The molecule has 0 aliphatic carbocycles. The molecule has 1 aromatic rings. The zero-order chi connectivity index (χ0) is 15.0. The Bertz CT molecular complexity index is 418. The second-order valence-corrected chi connectivity index (χ2v) is 6.32. The quantitative estimate of drug-likeness (QED) is 0.656. The fourth-order valence-electron chi connectivity index (χ4n) is 1.89. The highest BCUT2D eigenvalue weighted by molar-refractivity contribution is 6.95. The molecule has 0 atom stereocenters. The van der Waals surface area contributed by atoms with Crippen LogP contribution in [0.4, 0.5) is 0 Å². The van der Waals surface area contributed by atoms with Crippen LogP contribution in [0, 0.1) is 0 Å². The third kappa shape index (κ3) is 3.66. The third-order valence-corrected chi connectivity index (χ3v) is 5.46. The Kier molecular flexibility index (Phi) is 6.87. The van der Waals surface area contributed by atoms with Gasteiger partial charge in [0.2, 0.25) is 5.41 Å². The van der Waals surface area contributed by atoms with Gasteiger partial charge in [0, 0.05) is 19.8 Å². The van der Waals surface area contributed by atoms with Crippen LogP contribution in [0.5, 0.6) is 5.75 Å². The van der Waals surface area contributed by atoms with Gasteiger partial charge in [0.1, 0.15) is 5.75 Å². The summed E-state index contributed by atoms with van der Waals surface area (Å²) in [6.07, 6.45) is 0. The molecule has 0 fully saturated rings. The summed E-state index contributed by atoms with van der Waals surface area (Å²) < 4.78 is 22.1. The topological polar surface area (TPSA) is 54.0 Å². The largest absolute Gasteiger partial charge is 0.580 e. The fraction of sp³-hybridized carbons (Fsp3) is 0.500. The summed E-state index contributed by atoms with van der Waals surface area (Å²) in [7, 11) is -1.88. The van der Waals surface area contributed by atoms with E-state index in [1.54, 1.807) is 24.3 Å². The number of methoxy groups -OCH3 is 1. The first-order valence-electron chi connectivity index (χ1n) is 6.74. The van der Waals surface area contributed by atoms with Gasteiger partial charge < -0.3 is 18.0 Å². The van der Waals surface area contributed by atoms with Gasteiger partial charge in [-0.2, -0.15) is 0 Å². The summed E-state index contributed by atoms with van der Waals surface area (Å²) in [5.74, 6) is 0.494. The molecule has 20 heavy (non-hydrogen) atoms. The van der Waals surface area contributed by atoms with Crippen molar-refractivity contribution < 1.29 is 22.8 Å². The van der Waals surface area contributed by atoms with Crippen molar-refractivity contribution in [1.82, 2.24) is 0 Å². The van der Waals surface area contributed by atoms with Crippen molar-refractivity contribution in [1.29, 1.82) is 0 Å². The number of ether oxygens (including phenoxy) is 1. The molecule has 0 spiro atoms. The van der Waals surface area contributed by atoms with Gasteiger partial charge in [0.15, 0.2) is 0 Å². The SMILES string of the molecule is CCO[Si](OCC)(OCC)C(=O)c1ccccc1OC. The Labute approximate surface area is 121 Å². The van der Waals surface area contributed by atoms with E-state index in [1.165, 1.54) is 7.11 Å². The maximum absolute atomic E-state index is 12.8. The van der Waals surface area contributed by atoms with Crippen LogP contribution in [0.1, 0.15) is 31.1 Å². The van der Waals surface area contributed by atoms with Gasteiger partial charge in [-0.25, -0.2) is 0 Å². The molecule has 0 saturated carbocycles. The van der Waals surface area contributed by atoms with E-state index < -0.39 is 8.80 Å². The highest BCUT2D eigenvalue weighted by atomic mass is 28.4. The molecule has 6 heteroatoms. The van der Waals surface area contributed by atoms with E-state index in [0.29, 0.717) is 31.1 Å². The van der Waals surface area contributed by atoms with Crippen LogP contribution in [-0.2, 0) is 13.3 Å². The Morgan fingerprint density at radius 2 is 1.50 bits per heavy atom. The monoisotopic (exact) mass is 298 g/mol. The number of hydrogen-bond acceptors (Lipinski definition) is 5. The van der Waals surface area contributed by atoms with Gasteiger partial charge in [-0.1, -0.05) is 12.1 Å². The molecule has 1 aromatic carbocycles. The molecule has 0 unspecified atom stereocenters. The van der Waals surface area contributed by atoms with Gasteiger partial charge in [-0.05, 0) is 32.9 Å². The number of benzene rings is 1. The maximum Gasteiger partial charge on any atom is 0.580 e. The number of carbonyl (C=O) groups is 1. The Balaban J connectivity index is 3.20. The molecule has 0 bridgehead atoms. The smallest absolute Gasteiger partial charge is 0.496 e. The second-order valence-electron chi connectivity index (χ2n) is 3.88. The van der Waals surface area contributed by atoms with Gasteiger partial charge >= 0.3 is 8.80 Å². The molecule has 112 valence electrons. The van der Waals surface area contributed by atoms with E-state index in [9.17, 15) is 4.79 Å². The second kappa shape index (κ2) is 8.16. The van der Waals surface area contributed by atoms with E-state index in [4.69, 9.17) is 18.0 Å². The molecule has 0 aliphatic rings. The summed E-state index contributed by atoms with van der Waals surface area (Å²) in [4.78, 5) is 12.8. The van der Waals surface area contributed by atoms with Crippen LogP contribution >= 0.6 is 0 Å². The zero-order valence-corrected chi connectivity index (χ0v) is 13.5. The van der Waals surface area contributed by atoms with Gasteiger partial charge in [0.25, 0.3) is 0 Å². The van der Waals surface area contributed by atoms with E-state index in [-0.39, 0.29) is 5.41 Å². The summed E-state index contributed by atoms with van der Waals surface area (Å²) in [6, 6.07) is 7.01. The standard InChI is InChI=1S/C14H22O5Si/c1-5-17-20(18-6-2,19-7-3)14(15)12-10-8-9-11-13(12)16-4/h8-11H,5-7H2,1-4H3. The van der Waals surface area contributed by atoms with Gasteiger partial charge in [-0.3, -0.25) is 4.79 Å². The van der Waals surface area contributed by atoms with Crippen molar-refractivity contribution >= 4 is 14.2 Å². The molecule has 0 amide bonds. The Hall–Kier alpha value is -1.21. The molecular weight excluding hydrogens is 276 g/mol. The maximum atomic E-state index is 12.8. The molecule has 5 nitrogen and oxygen atoms in total. The highest BCUT2D eigenvalue weighted by Crippen LogP contribution is 2.24. The number of para-hydroxylation sites is 1. The predicted octanol–water partition coefficient (Wildman–Crippen LogP) is 2.47. The number of hydrogen-bond donors (Lipinski definition) is 0. The minimum absolute atomic E-state index is 0.263. The van der Waals surface area contributed by atoms with Crippen molar-refractivity contribution in [2.45, 2.75) is 20.8 Å². The van der Waals surface area contributed by atoms with Crippen molar-refractivity contribution in [2.75, 3.05) is 26.9 Å². The van der Waals surface area contributed by atoms with Crippen LogP contribution in [0.15, 0.2) is 24.3 Å². The van der Waals surface area contributed by atoms with Crippen molar-refractivity contribution in [3.63, 3.8) is 0 Å². The number of carbonyl (C=O) groups excluding carboxylic acids is 1. The highest BCUT2D eigenvalue weighted by Gasteiger charge is 2.51. The Morgan fingerprint density at radius 1 is 1.00 bits per heavy atom.